The van der Waals surface area contributed by atoms with Crippen LogP contribution in [0.1, 0.15) is 21.7 Å². The van der Waals surface area contributed by atoms with Crippen LogP contribution in [0.15, 0.2) is 66.7 Å². The van der Waals surface area contributed by atoms with Gasteiger partial charge in [0, 0.05) is 5.56 Å². The molecule has 0 bridgehead atoms. The molecule has 3 rings (SSSR count). The lowest BCUT2D eigenvalue weighted by atomic mass is 10.0. The Labute approximate surface area is 135 Å². The minimum atomic E-state index is -0.120. The topological polar surface area (TPSA) is 54.9 Å². The molecule has 0 radical (unpaired) electrons. The van der Waals surface area contributed by atoms with E-state index < -0.39 is 0 Å². The monoisotopic (exact) mass is 303 g/mol. The molecule has 2 aromatic carbocycles. The highest BCUT2D eigenvalue weighted by atomic mass is 16.1. The molecule has 0 atom stereocenters. The van der Waals surface area contributed by atoms with E-state index in [1.165, 1.54) is 0 Å². The highest BCUT2D eigenvalue weighted by Gasteiger charge is 2.07. The molecular weight excluding hydrogens is 286 g/mol. The Bertz CT molecular complexity index is 798. The first-order valence-electron chi connectivity index (χ1n) is 7.45. The van der Waals surface area contributed by atoms with E-state index in [-0.39, 0.29) is 5.91 Å². The highest BCUT2D eigenvalue weighted by Crippen LogP contribution is 2.19. The van der Waals surface area contributed by atoms with E-state index in [1.54, 1.807) is 0 Å². The number of hydrogen-bond donors (Lipinski definition) is 1. The lowest BCUT2D eigenvalue weighted by Crippen LogP contribution is -2.23. The molecule has 114 valence electrons. The SMILES string of the molecule is Cc1ccc(CNC(=O)c2cccc(-c3ccccc3)c2)nn1. The molecule has 3 aromatic rings. The van der Waals surface area contributed by atoms with Crippen molar-refractivity contribution in [2.45, 2.75) is 13.5 Å². The molecule has 1 heterocycles. The third kappa shape index (κ3) is 3.80. The second-order valence-corrected chi connectivity index (χ2v) is 5.30. The third-order valence-electron chi connectivity index (χ3n) is 3.52. The summed E-state index contributed by atoms with van der Waals surface area (Å²) < 4.78 is 0. The van der Waals surface area contributed by atoms with Crippen molar-refractivity contribution < 1.29 is 4.79 Å². The number of carbonyl (C=O) groups excluding carboxylic acids is 1. The number of nitrogens with zero attached hydrogens (tertiary/aromatic N) is 2. The van der Waals surface area contributed by atoms with Crippen molar-refractivity contribution in [3.8, 4) is 11.1 Å². The number of nitrogens with one attached hydrogen (secondary N) is 1. The van der Waals surface area contributed by atoms with E-state index in [2.05, 4.69) is 15.5 Å². The van der Waals surface area contributed by atoms with E-state index in [9.17, 15) is 4.79 Å². The Balaban J connectivity index is 1.71. The van der Waals surface area contributed by atoms with Gasteiger partial charge < -0.3 is 5.32 Å². The maximum atomic E-state index is 12.3. The average molecular weight is 303 g/mol. The van der Waals surface area contributed by atoms with Crippen molar-refractivity contribution in [2.24, 2.45) is 0 Å². The lowest BCUT2D eigenvalue weighted by molar-refractivity contribution is 0.0950. The van der Waals surface area contributed by atoms with Crippen LogP contribution in [0.25, 0.3) is 11.1 Å². The van der Waals surface area contributed by atoms with Gasteiger partial charge >= 0.3 is 0 Å². The number of hydrogen-bond acceptors (Lipinski definition) is 3. The summed E-state index contributed by atoms with van der Waals surface area (Å²) in [5.74, 6) is -0.120. The van der Waals surface area contributed by atoms with Crippen LogP contribution in [0.2, 0.25) is 0 Å². The normalized spacial score (nSPS) is 10.3. The van der Waals surface area contributed by atoms with Gasteiger partial charge in [-0.1, -0.05) is 42.5 Å². The van der Waals surface area contributed by atoms with E-state index in [4.69, 9.17) is 0 Å². The second kappa shape index (κ2) is 6.83. The van der Waals surface area contributed by atoms with E-state index in [0.29, 0.717) is 12.1 Å². The predicted molar refractivity (Wildman–Crippen MR) is 89.8 cm³/mol. The van der Waals surface area contributed by atoms with Gasteiger partial charge in [-0.25, -0.2) is 0 Å². The van der Waals surface area contributed by atoms with Crippen molar-refractivity contribution >= 4 is 5.91 Å². The number of aryl methyl sites for hydroxylation is 1. The summed E-state index contributed by atoms with van der Waals surface area (Å²) in [7, 11) is 0. The minimum Gasteiger partial charge on any atom is -0.346 e. The molecule has 0 unspecified atom stereocenters. The molecule has 0 aliphatic carbocycles. The number of rotatable bonds is 4. The van der Waals surface area contributed by atoms with Gasteiger partial charge in [0.05, 0.1) is 17.9 Å². The first-order valence-corrected chi connectivity index (χ1v) is 7.45. The largest absolute Gasteiger partial charge is 0.346 e. The maximum absolute atomic E-state index is 12.3. The van der Waals surface area contributed by atoms with Crippen molar-refractivity contribution in [3.63, 3.8) is 0 Å². The summed E-state index contributed by atoms with van der Waals surface area (Å²) in [5.41, 5.74) is 4.34. The molecule has 0 saturated carbocycles. The Morgan fingerprint density at radius 2 is 1.70 bits per heavy atom. The Morgan fingerprint density at radius 3 is 2.43 bits per heavy atom. The van der Waals surface area contributed by atoms with E-state index in [0.717, 1.165) is 22.5 Å². The van der Waals surface area contributed by atoms with Gasteiger partial charge in [0.1, 0.15) is 0 Å². The summed E-state index contributed by atoms with van der Waals surface area (Å²) in [5, 5.41) is 10.9. The molecule has 0 saturated heterocycles. The first-order chi connectivity index (χ1) is 11.2. The number of aromatic nitrogens is 2. The smallest absolute Gasteiger partial charge is 0.251 e. The predicted octanol–water partition coefficient (Wildman–Crippen LogP) is 3.38. The zero-order valence-electron chi connectivity index (χ0n) is 12.9. The first kappa shape index (κ1) is 14.9. The summed E-state index contributed by atoms with van der Waals surface area (Å²) in [6.45, 7) is 2.24. The lowest BCUT2D eigenvalue weighted by Gasteiger charge is -2.07. The fourth-order valence-corrected chi connectivity index (χ4v) is 2.26. The van der Waals surface area contributed by atoms with Crippen LogP contribution < -0.4 is 5.32 Å². The molecule has 0 fully saturated rings. The molecule has 0 spiro atoms. The fraction of sp³-hybridized carbons (Fsp3) is 0.105. The van der Waals surface area contributed by atoms with Gasteiger partial charge in [-0.15, -0.1) is 0 Å². The standard InChI is InChI=1S/C19H17N3O/c1-14-10-11-18(22-21-14)13-20-19(23)17-9-5-8-16(12-17)15-6-3-2-4-7-15/h2-12H,13H2,1H3,(H,20,23). The molecule has 1 amide bonds. The quantitative estimate of drug-likeness (QED) is 0.804. The molecule has 4 nitrogen and oxygen atoms in total. The van der Waals surface area contributed by atoms with Crippen LogP contribution in [-0.4, -0.2) is 16.1 Å². The molecule has 0 aliphatic heterocycles. The van der Waals surface area contributed by atoms with Crippen molar-refractivity contribution in [1.82, 2.24) is 15.5 Å². The maximum Gasteiger partial charge on any atom is 0.251 e. The van der Waals surface area contributed by atoms with Gasteiger partial charge in [0.15, 0.2) is 0 Å². The average Bonchev–Trinajstić information content (AvgIpc) is 2.62. The molecule has 1 N–H and O–H groups in total. The molecule has 0 aliphatic rings. The summed E-state index contributed by atoms with van der Waals surface area (Å²) >= 11 is 0. The summed E-state index contributed by atoms with van der Waals surface area (Å²) in [6.07, 6.45) is 0. The molecule has 23 heavy (non-hydrogen) atoms. The minimum absolute atomic E-state index is 0.120. The fourth-order valence-electron chi connectivity index (χ4n) is 2.26. The van der Waals surface area contributed by atoms with Gasteiger partial charge in [-0.05, 0) is 42.3 Å². The Hall–Kier alpha value is -3.01. The van der Waals surface area contributed by atoms with Crippen LogP contribution in [0.4, 0.5) is 0 Å². The Kier molecular flexibility index (Phi) is 4.43. The van der Waals surface area contributed by atoms with E-state index >= 15 is 0 Å². The zero-order valence-corrected chi connectivity index (χ0v) is 12.9. The van der Waals surface area contributed by atoms with Crippen LogP contribution >= 0.6 is 0 Å². The third-order valence-corrected chi connectivity index (χ3v) is 3.52. The van der Waals surface area contributed by atoms with Crippen molar-refractivity contribution in [1.29, 1.82) is 0 Å². The zero-order chi connectivity index (χ0) is 16.1. The van der Waals surface area contributed by atoms with Crippen molar-refractivity contribution in [3.05, 3.63) is 83.7 Å². The van der Waals surface area contributed by atoms with Crippen LogP contribution in [0.3, 0.4) is 0 Å². The van der Waals surface area contributed by atoms with Gasteiger partial charge in [-0.2, -0.15) is 10.2 Å². The van der Waals surface area contributed by atoms with Crippen LogP contribution in [-0.2, 0) is 6.54 Å². The summed E-state index contributed by atoms with van der Waals surface area (Å²) in [6, 6.07) is 21.3. The van der Waals surface area contributed by atoms with Crippen LogP contribution in [0, 0.1) is 6.92 Å². The number of benzene rings is 2. The Morgan fingerprint density at radius 1 is 0.913 bits per heavy atom. The highest BCUT2D eigenvalue weighted by molar-refractivity contribution is 5.95. The van der Waals surface area contributed by atoms with Gasteiger partial charge in [-0.3, -0.25) is 4.79 Å². The van der Waals surface area contributed by atoms with E-state index in [1.807, 2.05) is 73.7 Å². The number of amides is 1. The molecule has 4 heteroatoms. The number of carbonyl (C=O) groups is 1. The van der Waals surface area contributed by atoms with Gasteiger partial charge in [0.2, 0.25) is 0 Å². The molecular formula is C19H17N3O. The van der Waals surface area contributed by atoms with Gasteiger partial charge in [0.25, 0.3) is 5.91 Å². The van der Waals surface area contributed by atoms with Crippen molar-refractivity contribution in [2.75, 3.05) is 0 Å². The summed E-state index contributed by atoms with van der Waals surface area (Å²) in [4.78, 5) is 12.3. The van der Waals surface area contributed by atoms with Crippen LogP contribution in [0.5, 0.6) is 0 Å². The second-order valence-electron chi connectivity index (χ2n) is 5.30. The molecule has 1 aromatic heterocycles.